The second-order valence-corrected chi connectivity index (χ2v) is 6.20. The van der Waals surface area contributed by atoms with Gasteiger partial charge in [0.25, 0.3) is 0 Å². The number of anilines is 1. The molecule has 0 radical (unpaired) electrons. The highest BCUT2D eigenvalue weighted by atomic mass is 16.1. The zero-order chi connectivity index (χ0) is 15.2. The van der Waals surface area contributed by atoms with Crippen LogP contribution in [0.4, 0.5) is 5.69 Å². The van der Waals surface area contributed by atoms with Crippen molar-refractivity contribution in [3.63, 3.8) is 0 Å². The third kappa shape index (κ3) is 4.74. The minimum absolute atomic E-state index is 0.281. The molecule has 21 heavy (non-hydrogen) atoms. The van der Waals surface area contributed by atoms with E-state index in [2.05, 4.69) is 24.1 Å². The standard InChI is InChI=1S/C17H27N3O/c1-13(2)20-10-5-7-15(9-11-20)19-16-8-4-3-6-14(16)12-17(18)21/h3-4,6,8,13,15,19H,5,7,9-12H2,1-2H3,(H2,18,21). The molecule has 1 aromatic carbocycles. The van der Waals surface area contributed by atoms with E-state index in [0.29, 0.717) is 18.5 Å². The number of likely N-dealkylation sites (tertiary alicyclic amines) is 1. The monoisotopic (exact) mass is 289 g/mol. The van der Waals surface area contributed by atoms with Crippen LogP contribution in [0.3, 0.4) is 0 Å². The fraction of sp³-hybridized carbons (Fsp3) is 0.588. The Morgan fingerprint density at radius 2 is 2.10 bits per heavy atom. The van der Waals surface area contributed by atoms with Crippen molar-refractivity contribution in [3.8, 4) is 0 Å². The molecule has 4 nitrogen and oxygen atoms in total. The van der Waals surface area contributed by atoms with Gasteiger partial charge in [0.1, 0.15) is 0 Å². The Labute approximate surface area is 127 Å². The van der Waals surface area contributed by atoms with Gasteiger partial charge in [0, 0.05) is 24.3 Å². The zero-order valence-electron chi connectivity index (χ0n) is 13.1. The molecule has 4 heteroatoms. The molecule has 2 rings (SSSR count). The lowest BCUT2D eigenvalue weighted by molar-refractivity contribution is -0.117. The smallest absolute Gasteiger partial charge is 0.221 e. The summed E-state index contributed by atoms with van der Waals surface area (Å²) in [6.07, 6.45) is 3.83. The molecule has 0 saturated carbocycles. The molecule has 1 amide bonds. The average Bonchev–Trinajstić information content (AvgIpc) is 2.66. The van der Waals surface area contributed by atoms with Gasteiger partial charge in [-0.25, -0.2) is 0 Å². The van der Waals surface area contributed by atoms with E-state index >= 15 is 0 Å². The zero-order valence-corrected chi connectivity index (χ0v) is 13.1. The Kier molecular flexibility index (Phi) is 5.62. The minimum atomic E-state index is -0.281. The summed E-state index contributed by atoms with van der Waals surface area (Å²) in [5.74, 6) is -0.281. The van der Waals surface area contributed by atoms with E-state index in [1.54, 1.807) is 0 Å². The van der Waals surface area contributed by atoms with Gasteiger partial charge in [-0.15, -0.1) is 0 Å². The molecule has 1 aliphatic rings. The van der Waals surface area contributed by atoms with Gasteiger partial charge in [-0.05, 0) is 51.3 Å². The lowest BCUT2D eigenvalue weighted by Crippen LogP contribution is -2.32. The summed E-state index contributed by atoms with van der Waals surface area (Å²) in [6, 6.07) is 9.07. The van der Waals surface area contributed by atoms with E-state index in [1.807, 2.05) is 24.3 Å². The van der Waals surface area contributed by atoms with Gasteiger partial charge < -0.3 is 16.0 Å². The van der Waals surface area contributed by atoms with Gasteiger partial charge >= 0.3 is 0 Å². The molecule has 116 valence electrons. The average molecular weight is 289 g/mol. The van der Waals surface area contributed by atoms with Crippen LogP contribution in [0.5, 0.6) is 0 Å². The van der Waals surface area contributed by atoms with Crippen LogP contribution in [-0.2, 0) is 11.2 Å². The third-order valence-corrected chi connectivity index (χ3v) is 4.23. The van der Waals surface area contributed by atoms with E-state index in [0.717, 1.165) is 24.2 Å². The van der Waals surface area contributed by atoms with Crippen LogP contribution in [0.15, 0.2) is 24.3 Å². The first-order valence-electron chi connectivity index (χ1n) is 7.93. The maximum atomic E-state index is 11.2. The Hall–Kier alpha value is -1.55. The van der Waals surface area contributed by atoms with Gasteiger partial charge in [-0.1, -0.05) is 18.2 Å². The molecule has 0 bridgehead atoms. The van der Waals surface area contributed by atoms with E-state index in [9.17, 15) is 4.79 Å². The van der Waals surface area contributed by atoms with Crippen LogP contribution < -0.4 is 11.1 Å². The van der Waals surface area contributed by atoms with Crippen molar-refractivity contribution in [2.75, 3.05) is 18.4 Å². The maximum Gasteiger partial charge on any atom is 0.221 e. The number of nitrogens with zero attached hydrogens (tertiary/aromatic N) is 1. The molecule has 1 aromatic rings. The number of hydrogen-bond acceptors (Lipinski definition) is 3. The van der Waals surface area contributed by atoms with E-state index in [1.165, 1.54) is 19.4 Å². The van der Waals surface area contributed by atoms with Crippen molar-refractivity contribution < 1.29 is 4.79 Å². The molecule has 0 aromatic heterocycles. The summed E-state index contributed by atoms with van der Waals surface area (Å²) < 4.78 is 0. The van der Waals surface area contributed by atoms with Crippen molar-refractivity contribution >= 4 is 11.6 Å². The minimum Gasteiger partial charge on any atom is -0.382 e. The highest BCUT2D eigenvalue weighted by molar-refractivity contribution is 5.78. The molecule has 1 aliphatic heterocycles. The number of benzene rings is 1. The SMILES string of the molecule is CC(C)N1CCCC(Nc2ccccc2CC(N)=O)CC1. The fourth-order valence-corrected chi connectivity index (χ4v) is 3.00. The summed E-state index contributed by atoms with van der Waals surface area (Å²) in [4.78, 5) is 13.7. The van der Waals surface area contributed by atoms with Gasteiger partial charge in [0.2, 0.25) is 5.91 Å². The predicted molar refractivity (Wildman–Crippen MR) is 87.3 cm³/mol. The molecule has 0 aliphatic carbocycles. The second kappa shape index (κ2) is 7.46. The van der Waals surface area contributed by atoms with Crippen LogP contribution >= 0.6 is 0 Å². The first-order valence-corrected chi connectivity index (χ1v) is 7.93. The molecule has 0 spiro atoms. The van der Waals surface area contributed by atoms with Crippen molar-refractivity contribution in [1.82, 2.24) is 4.90 Å². The van der Waals surface area contributed by atoms with E-state index in [-0.39, 0.29) is 5.91 Å². The quantitative estimate of drug-likeness (QED) is 0.875. The van der Waals surface area contributed by atoms with Crippen molar-refractivity contribution in [1.29, 1.82) is 0 Å². The Morgan fingerprint density at radius 1 is 1.33 bits per heavy atom. The normalized spacial score (nSPS) is 20.2. The van der Waals surface area contributed by atoms with Crippen molar-refractivity contribution in [3.05, 3.63) is 29.8 Å². The van der Waals surface area contributed by atoms with E-state index < -0.39 is 0 Å². The summed E-state index contributed by atoms with van der Waals surface area (Å²) in [7, 11) is 0. The topological polar surface area (TPSA) is 58.4 Å². The van der Waals surface area contributed by atoms with Gasteiger partial charge in [-0.3, -0.25) is 4.79 Å². The third-order valence-electron chi connectivity index (χ3n) is 4.23. The number of hydrogen-bond donors (Lipinski definition) is 2. The van der Waals surface area contributed by atoms with Crippen molar-refractivity contribution in [2.45, 2.75) is 51.6 Å². The van der Waals surface area contributed by atoms with Crippen LogP contribution in [0.1, 0.15) is 38.7 Å². The molecule has 3 N–H and O–H groups in total. The van der Waals surface area contributed by atoms with Crippen LogP contribution in [0.25, 0.3) is 0 Å². The first kappa shape index (κ1) is 15.8. The van der Waals surface area contributed by atoms with Gasteiger partial charge in [0.05, 0.1) is 6.42 Å². The molecular formula is C17H27N3O. The molecule has 1 saturated heterocycles. The summed E-state index contributed by atoms with van der Waals surface area (Å²) in [6.45, 7) is 6.83. The number of rotatable bonds is 5. The van der Waals surface area contributed by atoms with Crippen LogP contribution in [0, 0.1) is 0 Å². The van der Waals surface area contributed by atoms with Crippen LogP contribution in [0.2, 0.25) is 0 Å². The second-order valence-electron chi connectivity index (χ2n) is 6.20. The molecule has 1 unspecified atom stereocenters. The van der Waals surface area contributed by atoms with Crippen LogP contribution in [-0.4, -0.2) is 36.0 Å². The summed E-state index contributed by atoms with van der Waals surface area (Å²) >= 11 is 0. The number of nitrogens with one attached hydrogen (secondary N) is 1. The lowest BCUT2D eigenvalue weighted by Gasteiger charge is -2.24. The number of para-hydroxylation sites is 1. The van der Waals surface area contributed by atoms with E-state index in [4.69, 9.17) is 5.73 Å². The van der Waals surface area contributed by atoms with Gasteiger partial charge in [0.15, 0.2) is 0 Å². The molecule has 1 heterocycles. The highest BCUT2D eigenvalue weighted by Gasteiger charge is 2.19. The first-order chi connectivity index (χ1) is 10.1. The predicted octanol–water partition coefficient (Wildman–Crippen LogP) is 2.39. The summed E-state index contributed by atoms with van der Waals surface area (Å²) in [5, 5.41) is 3.62. The maximum absolute atomic E-state index is 11.2. The molecule has 1 fully saturated rings. The van der Waals surface area contributed by atoms with Gasteiger partial charge in [-0.2, -0.15) is 0 Å². The molecular weight excluding hydrogens is 262 g/mol. The summed E-state index contributed by atoms with van der Waals surface area (Å²) in [5.41, 5.74) is 7.38. The van der Waals surface area contributed by atoms with Crippen molar-refractivity contribution in [2.24, 2.45) is 5.73 Å². The number of amides is 1. The molecule has 1 atom stereocenters. The number of nitrogens with two attached hydrogens (primary N) is 1. The number of carbonyl (C=O) groups is 1. The Balaban J connectivity index is 2.00. The largest absolute Gasteiger partial charge is 0.382 e. The number of primary amides is 1. The Bertz CT molecular complexity index is 473. The number of carbonyl (C=O) groups excluding carboxylic acids is 1. The fourth-order valence-electron chi connectivity index (χ4n) is 3.00. The Morgan fingerprint density at radius 3 is 2.81 bits per heavy atom. The highest BCUT2D eigenvalue weighted by Crippen LogP contribution is 2.21. The lowest BCUT2D eigenvalue weighted by atomic mass is 10.1.